The summed E-state index contributed by atoms with van der Waals surface area (Å²) in [4.78, 5) is 3.82. The van der Waals surface area contributed by atoms with Crippen LogP contribution in [0.15, 0.2) is 28.3 Å². The van der Waals surface area contributed by atoms with Gasteiger partial charge >= 0.3 is 0 Å². The fraction of sp³-hybridized carbons (Fsp3) is 0.200. The van der Waals surface area contributed by atoms with Gasteiger partial charge in [0, 0.05) is 18.9 Å². The van der Waals surface area contributed by atoms with E-state index in [9.17, 15) is 4.39 Å². The van der Waals surface area contributed by atoms with Gasteiger partial charge in [-0.05, 0) is 18.2 Å². The summed E-state index contributed by atoms with van der Waals surface area (Å²) in [6, 6.07) is 4.94. The Hall–Kier alpha value is -1.91. The molecule has 0 unspecified atom stereocenters. The molecule has 1 heterocycles. The Balaban J connectivity index is 2.28. The second-order valence-corrected chi connectivity index (χ2v) is 3.06. The van der Waals surface area contributed by atoms with Gasteiger partial charge in [0.05, 0.1) is 12.2 Å². The van der Waals surface area contributed by atoms with Crippen molar-refractivity contribution in [3.63, 3.8) is 0 Å². The van der Waals surface area contributed by atoms with Crippen LogP contribution < -0.4 is 10.3 Å². The molecule has 15 heavy (non-hydrogen) atoms. The summed E-state index contributed by atoms with van der Waals surface area (Å²) in [5.41, 5.74) is 1.20. The Morgan fingerprint density at radius 1 is 1.47 bits per heavy atom. The summed E-state index contributed by atoms with van der Waals surface area (Å²) < 4.78 is 13.6. The fourth-order valence-corrected chi connectivity index (χ4v) is 1.34. The lowest BCUT2D eigenvalue weighted by molar-refractivity contribution is 0.623. The van der Waals surface area contributed by atoms with Crippen molar-refractivity contribution in [1.82, 2.24) is 0 Å². The van der Waals surface area contributed by atoms with Gasteiger partial charge in [-0.15, -0.1) is 0 Å². The molecular weight excluding hydrogens is 195 g/mol. The third-order valence-corrected chi connectivity index (χ3v) is 2.13. The molecule has 0 amide bonds. The Morgan fingerprint density at radius 2 is 2.33 bits per heavy atom. The fourth-order valence-electron chi connectivity index (χ4n) is 1.34. The van der Waals surface area contributed by atoms with Crippen molar-refractivity contribution in [2.45, 2.75) is 0 Å². The minimum Gasteiger partial charge on any atom is -0.388 e. The van der Waals surface area contributed by atoms with Gasteiger partial charge in [0.15, 0.2) is 0 Å². The van der Waals surface area contributed by atoms with Crippen molar-refractivity contribution in [2.24, 2.45) is 10.1 Å². The number of halogens is 1. The lowest BCUT2D eigenvalue weighted by Crippen LogP contribution is -2.22. The quantitative estimate of drug-likeness (QED) is 0.800. The first-order valence-electron chi connectivity index (χ1n) is 4.60. The number of hydrazone groups is 1. The monoisotopic (exact) mass is 206 g/mol. The van der Waals surface area contributed by atoms with Gasteiger partial charge in [-0.2, -0.15) is 5.10 Å². The van der Waals surface area contributed by atoms with Crippen LogP contribution in [0.5, 0.6) is 0 Å². The predicted molar refractivity (Wildman–Crippen MR) is 60.3 cm³/mol. The van der Waals surface area contributed by atoms with E-state index in [1.54, 1.807) is 30.4 Å². The average molecular weight is 206 g/mol. The summed E-state index contributed by atoms with van der Waals surface area (Å²) in [5, 5.41) is 8.40. The highest BCUT2D eigenvalue weighted by Gasteiger charge is 2.11. The number of nitrogens with zero attached hydrogens (tertiary/aromatic N) is 3. The lowest BCUT2D eigenvalue weighted by atomic mass is 10.2. The van der Waals surface area contributed by atoms with E-state index in [0.29, 0.717) is 12.2 Å². The van der Waals surface area contributed by atoms with Crippen molar-refractivity contribution >= 4 is 23.9 Å². The molecule has 4 nitrogen and oxygen atoms in total. The average Bonchev–Trinajstić information content (AvgIpc) is 2.30. The summed E-state index contributed by atoms with van der Waals surface area (Å²) >= 11 is 0. The molecule has 1 aliphatic heterocycles. The van der Waals surface area contributed by atoms with Crippen LogP contribution in [0.3, 0.4) is 0 Å². The smallest absolute Gasteiger partial charge is 0.150 e. The van der Waals surface area contributed by atoms with Crippen LogP contribution in [0, 0.1) is 5.82 Å². The van der Waals surface area contributed by atoms with Crippen LogP contribution in [0.2, 0.25) is 0 Å². The molecule has 0 aromatic heterocycles. The zero-order valence-electron chi connectivity index (χ0n) is 8.31. The molecule has 1 aliphatic rings. The van der Waals surface area contributed by atoms with Crippen LogP contribution in [-0.2, 0) is 0 Å². The van der Waals surface area contributed by atoms with Gasteiger partial charge in [0.25, 0.3) is 0 Å². The van der Waals surface area contributed by atoms with E-state index in [1.807, 2.05) is 0 Å². The lowest BCUT2D eigenvalue weighted by Gasteiger charge is -2.19. The Labute approximate surface area is 87.1 Å². The molecule has 0 bridgehead atoms. The Bertz CT molecular complexity index is 414. The third kappa shape index (κ3) is 1.96. The van der Waals surface area contributed by atoms with Crippen LogP contribution in [0.4, 0.5) is 15.8 Å². The van der Waals surface area contributed by atoms with Crippen molar-refractivity contribution in [2.75, 3.05) is 23.9 Å². The van der Waals surface area contributed by atoms with Gasteiger partial charge in [-0.1, -0.05) is 0 Å². The number of hydrogen-bond acceptors (Lipinski definition) is 4. The first kappa shape index (κ1) is 9.64. The van der Waals surface area contributed by atoms with E-state index >= 15 is 0 Å². The standard InChI is InChI=1S/C10H11FN4/c1-12-8-2-3-10(9(11)6-8)15-5-4-13-7-14-15/h2-4,6-7,12H,5H2,1H3. The molecule has 0 saturated carbocycles. The summed E-state index contributed by atoms with van der Waals surface area (Å²) in [6.45, 7) is 0.492. The van der Waals surface area contributed by atoms with Gasteiger partial charge in [0.1, 0.15) is 12.2 Å². The number of anilines is 2. The first-order chi connectivity index (χ1) is 7.31. The molecule has 0 radical (unpaired) electrons. The molecule has 0 aliphatic carbocycles. The number of benzene rings is 1. The van der Waals surface area contributed by atoms with Crippen molar-refractivity contribution in [3.8, 4) is 0 Å². The number of nitrogens with one attached hydrogen (secondary N) is 1. The van der Waals surface area contributed by atoms with E-state index in [2.05, 4.69) is 15.4 Å². The van der Waals surface area contributed by atoms with Crippen LogP contribution in [0.25, 0.3) is 0 Å². The number of rotatable bonds is 2. The minimum absolute atomic E-state index is 0.297. The summed E-state index contributed by atoms with van der Waals surface area (Å²) in [5.74, 6) is -0.297. The van der Waals surface area contributed by atoms with E-state index < -0.39 is 0 Å². The molecule has 0 fully saturated rings. The van der Waals surface area contributed by atoms with Gasteiger partial charge in [-0.25, -0.2) is 9.38 Å². The highest BCUT2D eigenvalue weighted by Crippen LogP contribution is 2.22. The van der Waals surface area contributed by atoms with E-state index in [0.717, 1.165) is 5.69 Å². The van der Waals surface area contributed by atoms with Crippen LogP contribution in [-0.4, -0.2) is 26.1 Å². The third-order valence-electron chi connectivity index (χ3n) is 2.13. The summed E-state index contributed by atoms with van der Waals surface area (Å²) in [7, 11) is 1.75. The largest absolute Gasteiger partial charge is 0.388 e. The van der Waals surface area contributed by atoms with Gasteiger partial charge < -0.3 is 5.32 Å². The molecule has 5 heteroatoms. The zero-order chi connectivity index (χ0) is 10.7. The molecule has 0 spiro atoms. The molecule has 0 saturated heterocycles. The molecule has 1 N–H and O–H groups in total. The SMILES string of the molecule is CNc1ccc(N2CC=NC=N2)c(F)c1. The van der Waals surface area contributed by atoms with E-state index in [4.69, 9.17) is 0 Å². The molecular formula is C10H11FN4. The molecule has 2 rings (SSSR count). The molecule has 78 valence electrons. The maximum Gasteiger partial charge on any atom is 0.150 e. The minimum atomic E-state index is -0.297. The summed E-state index contributed by atoms with van der Waals surface area (Å²) in [6.07, 6.45) is 3.08. The highest BCUT2D eigenvalue weighted by atomic mass is 19.1. The van der Waals surface area contributed by atoms with Crippen LogP contribution >= 0.6 is 0 Å². The number of aliphatic imine (C=N–C) groups is 1. The molecule has 1 aromatic rings. The topological polar surface area (TPSA) is 40.0 Å². The van der Waals surface area contributed by atoms with Crippen molar-refractivity contribution < 1.29 is 4.39 Å². The second-order valence-electron chi connectivity index (χ2n) is 3.06. The zero-order valence-corrected chi connectivity index (χ0v) is 8.31. The maximum absolute atomic E-state index is 13.6. The Morgan fingerprint density at radius 3 is 2.93 bits per heavy atom. The highest BCUT2D eigenvalue weighted by molar-refractivity contribution is 5.79. The Kier molecular flexibility index (Phi) is 2.62. The van der Waals surface area contributed by atoms with E-state index in [-0.39, 0.29) is 5.82 Å². The predicted octanol–water partition coefficient (Wildman–Crippen LogP) is 1.70. The number of hydrogen-bond donors (Lipinski definition) is 1. The van der Waals surface area contributed by atoms with Gasteiger partial charge in [-0.3, -0.25) is 5.01 Å². The van der Waals surface area contributed by atoms with E-state index in [1.165, 1.54) is 12.4 Å². The van der Waals surface area contributed by atoms with Crippen molar-refractivity contribution in [3.05, 3.63) is 24.0 Å². The molecule has 1 aromatic carbocycles. The van der Waals surface area contributed by atoms with Gasteiger partial charge in [0.2, 0.25) is 0 Å². The second kappa shape index (κ2) is 4.08. The molecule has 0 atom stereocenters. The maximum atomic E-state index is 13.6. The van der Waals surface area contributed by atoms with Crippen LogP contribution in [0.1, 0.15) is 0 Å². The van der Waals surface area contributed by atoms with Crippen molar-refractivity contribution in [1.29, 1.82) is 0 Å². The first-order valence-corrected chi connectivity index (χ1v) is 4.60. The normalized spacial score (nSPS) is 14.4.